The first-order chi connectivity index (χ1) is 11.2. The van der Waals surface area contributed by atoms with Gasteiger partial charge in [0.1, 0.15) is 5.69 Å². The number of benzene rings is 1. The highest BCUT2D eigenvalue weighted by molar-refractivity contribution is 6.30. The molecule has 1 aromatic heterocycles. The van der Waals surface area contributed by atoms with Crippen molar-refractivity contribution < 1.29 is 4.79 Å². The normalized spacial score (nSPS) is 17.1. The molecule has 130 valence electrons. The van der Waals surface area contributed by atoms with Crippen molar-refractivity contribution in [3.05, 3.63) is 41.0 Å². The molecule has 1 amide bonds. The topological polar surface area (TPSA) is 69.8 Å². The van der Waals surface area contributed by atoms with Gasteiger partial charge in [0.2, 0.25) is 0 Å². The zero-order valence-electron chi connectivity index (χ0n) is 13.3. The number of rotatable bonds is 5. The lowest BCUT2D eigenvalue weighted by atomic mass is 9.96. The minimum atomic E-state index is -0.110. The van der Waals surface area contributed by atoms with Gasteiger partial charge in [0.05, 0.1) is 5.69 Å². The molecule has 7 heteroatoms. The van der Waals surface area contributed by atoms with Crippen molar-refractivity contribution in [2.24, 2.45) is 5.92 Å². The first-order valence-electron chi connectivity index (χ1n) is 8.02. The lowest BCUT2D eigenvalue weighted by molar-refractivity contribution is 0.0945. The van der Waals surface area contributed by atoms with E-state index in [4.69, 9.17) is 11.6 Å². The summed E-state index contributed by atoms with van der Waals surface area (Å²) in [6, 6.07) is 9.15. The third-order valence-electron chi connectivity index (χ3n) is 4.20. The number of carbonyl (C=O) groups excluding carboxylic acids is 1. The molecular formula is C17H22Cl2N4O. The number of carbonyl (C=O) groups is 1. The van der Waals surface area contributed by atoms with Crippen LogP contribution in [0.15, 0.2) is 30.3 Å². The fourth-order valence-electron chi connectivity index (χ4n) is 2.86. The molecule has 3 N–H and O–H groups in total. The van der Waals surface area contributed by atoms with Crippen LogP contribution in [0.2, 0.25) is 5.02 Å². The van der Waals surface area contributed by atoms with Gasteiger partial charge in [0, 0.05) is 17.1 Å². The standard InChI is InChI=1S/C17H21ClN4O.ClH/c18-14-5-3-13(4-6-14)15-10-16(22-21-15)17(23)20-9-7-12-2-1-8-19-11-12;/h3-6,10,12,19H,1-2,7-9,11H2,(H,20,23)(H,21,22);1H. The Morgan fingerprint density at radius 3 is 2.83 bits per heavy atom. The summed E-state index contributed by atoms with van der Waals surface area (Å²) in [5, 5.41) is 14.0. The van der Waals surface area contributed by atoms with Crippen molar-refractivity contribution >= 4 is 29.9 Å². The fraction of sp³-hybridized carbons (Fsp3) is 0.412. The van der Waals surface area contributed by atoms with E-state index < -0.39 is 0 Å². The highest BCUT2D eigenvalue weighted by Gasteiger charge is 2.14. The summed E-state index contributed by atoms with van der Waals surface area (Å²) in [6.07, 6.45) is 3.48. The van der Waals surface area contributed by atoms with E-state index in [-0.39, 0.29) is 18.3 Å². The number of nitrogens with one attached hydrogen (secondary N) is 3. The maximum Gasteiger partial charge on any atom is 0.269 e. The third-order valence-corrected chi connectivity index (χ3v) is 4.45. The highest BCUT2D eigenvalue weighted by atomic mass is 35.5. The molecule has 1 saturated heterocycles. The molecule has 5 nitrogen and oxygen atoms in total. The Morgan fingerprint density at radius 1 is 1.33 bits per heavy atom. The van der Waals surface area contributed by atoms with E-state index >= 15 is 0 Å². The number of piperidine rings is 1. The van der Waals surface area contributed by atoms with E-state index in [9.17, 15) is 4.79 Å². The predicted molar refractivity (Wildman–Crippen MR) is 98.8 cm³/mol. The number of halogens is 2. The minimum Gasteiger partial charge on any atom is -0.351 e. The van der Waals surface area contributed by atoms with Gasteiger partial charge in [-0.3, -0.25) is 9.89 Å². The van der Waals surface area contributed by atoms with Crippen molar-refractivity contribution in [2.45, 2.75) is 19.3 Å². The third kappa shape index (κ3) is 4.97. The van der Waals surface area contributed by atoms with Gasteiger partial charge in [0.15, 0.2) is 0 Å². The average Bonchev–Trinajstić information content (AvgIpc) is 3.06. The summed E-state index contributed by atoms with van der Waals surface area (Å²) in [4.78, 5) is 12.2. The van der Waals surface area contributed by atoms with E-state index in [1.54, 1.807) is 6.07 Å². The monoisotopic (exact) mass is 368 g/mol. The van der Waals surface area contributed by atoms with Crippen LogP contribution in [0.3, 0.4) is 0 Å². The van der Waals surface area contributed by atoms with Crippen LogP contribution < -0.4 is 10.6 Å². The summed E-state index contributed by atoms with van der Waals surface area (Å²) in [7, 11) is 0. The van der Waals surface area contributed by atoms with Gasteiger partial charge in [-0.15, -0.1) is 12.4 Å². The van der Waals surface area contributed by atoms with Gasteiger partial charge < -0.3 is 10.6 Å². The molecule has 1 aromatic carbocycles. The Kier molecular flexibility index (Phi) is 7.09. The fourth-order valence-corrected chi connectivity index (χ4v) is 2.99. The van der Waals surface area contributed by atoms with Gasteiger partial charge in [-0.05, 0) is 56.5 Å². The number of aromatic amines is 1. The quantitative estimate of drug-likeness (QED) is 0.758. The molecule has 3 rings (SSSR count). The Bertz CT molecular complexity index is 651. The van der Waals surface area contributed by atoms with Crippen molar-refractivity contribution in [1.82, 2.24) is 20.8 Å². The van der Waals surface area contributed by atoms with Crippen LogP contribution in [-0.2, 0) is 0 Å². The Labute approximate surface area is 153 Å². The predicted octanol–water partition coefficient (Wildman–Crippen LogP) is 3.27. The number of hydrogen-bond acceptors (Lipinski definition) is 3. The Hall–Kier alpha value is -1.56. The van der Waals surface area contributed by atoms with E-state index in [1.165, 1.54) is 12.8 Å². The lowest BCUT2D eigenvalue weighted by Gasteiger charge is -2.22. The van der Waals surface area contributed by atoms with Gasteiger partial charge in [-0.1, -0.05) is 23.7 Å². The molecular weight excluding hydrogens is 347 g/mol. The molecule has 2 aromatic rings. The van der Waals surface area contributed by atoms with E-state index in [0.717, 1.165) is 30.8 Å². The molecule has 1 atom stereocenters. The number of hydrogen-bond donors (Lipinski definition) is 3. The van der Waals surface area contributed by atoms with Gasteiger partial charge >= 0.3 is 0 Å². The second-order valence-corrected chi connectivity index (χ2v) is 6.37. The highest BCUT2D eigenvalue weighted by Crippen LogP contribution is 2.20. The van der Waals surface area contributed by atoms with Gasteiger partial charge in [-0.25, -0.2) is 0 Å². The smallest absolute Gasteiger partial charge is 0.269 e. The first-order valence-corrected chi connectivity index (χ1v) is 8.40. The molecule has 0 radical (unpaired) electrons. The number of nitrogens with zero attached hydrogens (tertiary/aromatic N) is 1. The summed E-state index contributed by atoms with van der Waals surface area (Å²) < 4.78 is 0. The zero-order chi connectivity index (χ0) is 16.1. The summed E-state index contributed by atoms with van der Waals surface area (Å²) in [5.41, 5.74) is 2.15. The largest absolute Gasteiger partial charge is 0.351 e. The zero-order valence-corrected chi connectivity index (χ0v) is 14.9. The second-order valence-electron chi connectivity index (χ2n) is 5.93. The first kappa shape index (κ1) is 18.8. The summed E-state index contributed by atoms with van der Waals surface area (Å²) in [5.74, 6) is 0.553. The van der Waals surface area contributed by atoms with Crippen molar-refractivity contribution in [2.75, 3.05) is 19.6 Å². The maximum atomic E-state index is 12.2. The van der Waals surface area contributed by atoms with Crippen molar-refractivity contribution in [3.8, 4) is 11.3 Å². The van der Waals surface area contributed by atoms with Crippen LogP contribution in [0, 0.1) is 5.92 Å². The molecule has 24 heavy (non-hydrogen) atoms. The maximum absolute atomic E-state index is 12.2. The number of aromatic nitrogens is 2. The van der Waals surface area contributed by atoms with Crippen molar-refractivity contribution in [1.29, 1.82) is 0 Å². The molecule has 1 aliphatic rings. The van der Waals surface area contributed by atoms with Crippen LogP contribution in [0.1, 0.15) is 29.8 Å². The molecule has 1 aliphatic heterocycles. The average molecular weight is 369 g/mol. The molecule has 0 bridgehead atoms. The SMILES string of the molecule is Cl.O=C(NCCC1CCCNC1)c1cc(-c2ccc(Cl)cc2)n[nH]1. The van der Waals surface area contributed by atoms with Crippen LogP contribution in [-0.4, -0.2) is 35.7 Å². The van der Waals surface area contributed by atoms with Crippen LogP contribution in [0.5, 0.6) is 0 Å². The van der Waals surface area contributed by atoms with Gasteiger partial charge in [0.25, 0.3) is 5.91 Å². The van der Waals surface area contributed by atoms with E-state index in [0.29, 0.717) is 23.2 Å². The van der Waals surface area contributed by atoms with E-state index in [2.05, 4.69) is 20.8 Å². The molecule has 2 heterocycles. The second kappa shape index (κ2) is 9.06. The summed E-state index contributed by atoms with van der Waals surface area (Å²) in [6.45, 7) is 2.87. The number of amides is 1. The molecule has 0 aliphatic carbocycles. The summed E-state index contributed by atoms with van der Waals surface area (Å²) >= 11 is 5.88. The van der Waals surface area contributed by atoms with Crippen LogP contribution in [0.25, 0.3) is 11.3 Å². The van der Waals surface area contributed by atoms with Crippen LogP contribution >= 0.6 is 24.0 Å². The van der Waals surface area contributed by atoms with E-state index in [1.807, 2.05) is 24.3 Å². The Morgan fingerprint density at radius 2 is 2.12 bits per heavy atom. The van der Waals surface area contributed by atoms with Crippen LogP contribution in [0.4, 0.5) is 0 Å². The molecule has 1 fully saturated rings. The molecule has 0 spiro atoms. The number of H-pyrrole nitrogens is 1. The van der Waals surface area contributed by atoms with Crippen molar-refractivity contribution in [3.63, 3.8) is 0 Å². The minimum absolute atomic E-state index is 0. The molecule has 1 unspecified atom stereocenters. The lowest BCUT2D eigenvalue weighted by Crippen LogP contribution is -2.33. The molecule has 0 saturated carbocycles. The van der Waals surface area contributed by atoms with Gasteiger partial charge in [-0.2, -0.15) is 5.10 Å². The Balaban J connectivity index is 0.00000208.